The molecule has 0 unspecified atom stereocenters. The van der Waals surface area contributed by atoms with Gasteiger partial charge in [0.05, 0.1) is 6.61 Å². The molecule has 78 valence electrons. The SMILES string of the molecule is CCOC(=O)C#Cc1ccc(CC)cc1. The second kappa shape index (κ2) is 5.87. The van der Waals surface area contributed by atoms with E-state index in [9.17, 15) is 4.79 Å². The van der Waals surface area contributed by atoms with Crippen molar-refractivity contribution in [1.29, 1.82) is 0 Å². The van der Waals surface area contributed by atoms with Crippen LogP contribution in [0.5, 0.6) is 0 Å². The summed E-state index contributed by atoms with van der Waals surface area (Å²) in [4.78, 5) is 10.9. The highest BCUT2D eigenvalue weighted by molar-refractivity contribution is 5.89. The predicted octanol–water partition coefficient (Wildman–Crippen LogP) is 2.16. The van der Waals surface area contributed by atoms with Crippen LogP contribution in [0.1, 0.15) is 25.0 Å². The molecule has 1 rings (SSSR count). The molecule has 2 heteroatoms. The van der Waals surface area contributed by atoms with E-state index >= 15 is 0 Å². The van der Waals surface area contributed by atoms with Gasteiger partial charge < -0.3 is 4.74 Å². The fourth-order valence-corrected chi connectivity index (χ4v) is 1.11. The van der Waals surface area contributed by atoms with Crippen LogP contribution in [0, 0.1) is 11.8 Å². The van der Waals surface area contributed by atoms with Gasteiger partial charge in [0, 0.05) is 11.5 Å². The summed E-state index contributed by atoms with van der Waals surface area (Å²) in [5.74, 6) is 4.71. The number of hydrogen-bond acceptors (Lipinski definition) is 2. The van der Waals surface area contributed by atoms with Crippen molar-refractivity contribution in [1.82, 2.24) is 0 Å². The molecule has 0 atom stereocenters. The Labute approximate surface area is 90.3 Å². The minimum Gasteiger partial charge on any atom is -0.456 e. The van der Waals surface area contributed by atoms with Crippen molar-refractivity contribution in [3.05, 3.63) is 35.4 Å². The van der Waals surface area contributed by atoms with Crippen molar-refractivity contribution in [2.24, 2.45) is 0 Å². The summed E-state index contributed by atoms with van der Waals surface area (Å²) in [5.41, 5.74) is 2.09. The molecule has 0 spiro atoms. The second-order valence-electron chi connectivity index (χ2n) is 3.02. The van der Waals surface area contributed by atoms with E-state index in [2.05, 4.69) is 18.8 Å². The summed E-state index contributed by atoms with van der Waals surface area (Å²) >= 11 is 0. The number of carbonyl (C=O) groups is 1. The first-order valence-electron chi connectivity index (χ1n) is 5.04. The van der Waals surface area contributed by atoms with Gasteiger partial charge in [0.15, 0.2) is 0 Å². The van der Waals surface area contributed by atoms with E-state index in [0.717, 1.165) is 12.0 Å². The standard InChI is InChI=1S/C13H14O2/c1-3-11-5-7-12(8-6-11)9-10-13(14)15-4-2/h5-8H,3-4H2,1-2H3. The normalized spacial score (nSPS) is 8.93. The Morgan fingerprint density at radius 1 is 1.27 bits per heavy atom. The maximum atomic E-state index is 10.9. The topological polar surface area (TPSA) is 26.3 Å². The van der Waals surface area contributed by atoms with Crippen LogP contribution in [0.2, 0.25) is 0 Å². The van der Waals surface area contributed by atoms with Crippen LogP contribution in [0.4, 0.5) is 0 Å². The molecule has 0 N–H and O–H groups in total. The third-order valence-corrected chi connectivity index (χ3v) is 1.95. The fraction of sp³-hybridized carbons (Fsp3) is 0.308. The molecule has 0 saturated heterocycles. The zero-order chi connectivity index (χ0) is 11.1. The Hall–Kier alpha value is -1.75. The average molecular weight is 202 g/mol. The molecule has 0 aliphatic carbocycles. The molecule has 0 bridgehead atoms. The van der Waals surface area contributed by atoms with Crippen molar-refractivity contribution in [2.75, 3.05) is 6.61 Å². The zero-order valence-corrected chi connectivity index (χ0v) is 9.04. The Kier molecular flexibility index (Phi) is 4.43. The Bertz CT molecular complexity index is 379. The minimum atomic E-state index is -0.475. The molecule has 15 heavy (non-hydrogen) atoms. The Morgan fingerprint density at radius 3 is 2.47 bits per heavy atom. The minimum absolute atomic E-state index is 0.363. The highest BCUT2D eigenvalue weighted by atomic mass is 16.5. The van der Waals surface area contributed by atoms with Crippen molar-refractivity contribution < 1.29 is 9.53 Å². The summed E-state index contributed by atoms with van der Waals surface area (Å²) in [5, 5.41) is 0. The number of ether oxygens (including phenoxy) is 1. The van der Waals surface area contributed by atoms with E-state index in [4.69, 9.17) is 4.74 Å². The van der Waals surface area contributed by atoms with Crippen LogP contribution in [0.3, 0.4) is 0 Å². The Balaban J connectivity index is 2.68. The lowest BCUT2D eigenvalue weighted by Gasteiger charge is -1.95. The molecule has 0 radical (unpaired) electrons. The van der Waals surface area contributed by atoms with Crippen LogP contribution in [-0.4, -0.2) is 12.6 Å². The summed E-state index contributed by atoms with van der Waals surface area (Å²) in [7, 11) is 0. The summed E-state index contributed by atoms with van der Waals surface area (Å²) in [6.07, 6.45) is 1.01. The van der Waals surface area contributed by atoms with Gasteiger partial charge in [-0.3, -0.25) is 0 Å². The van der Waals surface area contributed by atoms with E-state index in [1.165, 1.54) is 5.56 Å². The first-order valence-corrected chi connectivity index (χ1v) is 5.04. The smallest absolute Gasteiger partial charge is 0.384 e. The van der Waals surface area contributed by atoms with E-state index in [1.54, 1.807) is 6.92 Å². The third kappa shape index (κ3) is 3.86. The highest BCUT2D eigenvalue weighted by Crippen LogP contribution is 2.03. The van der Waals surface area contributed by atoms with E-state index in [-0.39, 0.29) is 0 Å². The fourth-order valence-electron chi connectivity index (χ4n) is 1.11. The number of esters is 1. The lowest BCUT2D eigenvalue weighted by molar-refractivity contribution is -0.136. The molecule has 1 aromatic carbocycles. The average Bonchev–Trinajstić information content (AvgIpc) is 2.27. The number of carbonyl (C=O) groups excluding carboxylic acids is 1. The lowest BCUT2D eigenvalue weighted by atomic mass is 10.1. The van der Waals surface area contributed by atoms with Gasteiger partial charge >= 0.3 is 5.97 Å². The van der Waals surface area contributed by atoms with Gasteiger partial charge in [0.2, 0.25) is 0 Å². The molecule has 0 heterocycles. The molecule has 1 aromatic rings. The number of benzene rings is 1. The summed E-state index contributed by atoms with van der Waals surface area (Å²) in [6, 6.07) is 7.83. The van der Waals surface area contributed by atoms with Crippen LogP contribution in [0.25, 0.3) is 0 Å². The zero-order valence-electron chi connectivity index (χ0n) is 9.04. The lowest BCUT2D eigenvalue weighted by Crippen LogP contribution is -1.99. The molecule has 0 saturated carbocycles. The molecule has 0 fully saturated rings. The molecular formula is C13H14O2. The van der Waals surface area contributed by atoms with Gasteiger partial charge in [-0.2, -0.15) is 0 Å². The maximum Gasteiger partial charge on any atom is 0.384 e. The van der Waals surface area contributed by atoms with Gasteiger partial charge in [-0.15, -0.1) is 0 Å². The first-order chi connectivity index (χ1) is 7.26. The summed E-state index contributed by atoms with van der Waals surface area (Å²) < 4.78 is 4.70. The number of rotatable bonds is 2. The summed E-state index contributed by atoms with van der Waals surface area (Å²) in [6.45, 7) is 4.22. The van der Waals surface area contributed by atoms with E-state index in [0.29, 0.717) is 6.61 Å². The molecule has 2 nitrogen and oxygen atoms in total. The van der Waals surface area contributed by atoms with Crippen LogP contribution < -0.4 is 0 Å². The van der Waals surface area contributed by atoms with Crippen LogP contribution in [0.15, 0.2) is 24.3 Å². The first kappa shape index (κ1) is 11.3. The molecule has 0 aromatic heterocycles. The monoisotopic (exact) mass is 202 g/mol. The molecule has 0 aliphatic rings. The van der Waals surface area contributed by atoms with Gasteiger partial charge in [0.25, 0.3) is 0 Å². The second-order valence-corrected chi connectivity index (χ2v) is 3.02. The number of aryl methyl sites for hydroxylation is 1. The largest absolute Gasteiger partial charge is 0.456 e. The van der Waals surface area contributed by atoms with Gasteiger partial charge in [-0.1, -0.05) is 25.0 Å². The van der Waals surface area contributed by atoms with Gasteiger partial charge in [0.1, 0.15) is 0 Å². The van der Waals surface area contributed by atoms with Crippen molar-refractivity contribution in [2.45, 2.75) is 20.3 Å². The van der Waals surface area contributed by atoms with Gasteiger partial charge in [-0.25, -0.2) is 4.79 Å². The molecule has 0 amide bonds. The Morgan fingerprint density at radius 2 is 1.93 bits per heavy atom. The third-order valence-electron chi connectivity index (χ3n) is 1.95. The highest BCUT2D eigenvalue weighted by Gasteiger charge is 1.93. The van der Waals surface area contributed by atoms with Gasteiger partial charge in [-0.05, 0) is 31.0 Å². The number of hydrogen-bond donors (Lipinski definition) is 0. The van der Waals surface area contributed by atoms with Crippen molar-refractivity contribution in [3.8, 4) is 11.8 Å². The maximum absolute atomic E-state index is 10.9. The molecular weight excluding hydrogens is 188 g/mol. The molecule has 0 aliphatic heterocycles. The quantitative estimate of drug-likeness (QED) is 0.542. The van der Waals surface area contributed by atoms with Crippen LogP contribution in [-0.2, 0) is 16.0 Å². The van der Waals surface area contributed by atoms with Crippen molar-refractivity contribution >= 4 is 5.97 Å². The van der Waals surface area contributed by atoms with E-state index < -0.39 is 5.97 Å². The predicted molar refractivity (Wildman–Crippen MR) is 59.3 cm³/mol. The van der Waals surface area contributed by atoms with Crippen molar-refractivity contribution in [3.63, 3.8) is 0 Å². The van der Waals surface area contributed by atoms with E-state index in [1.807, 2.05) is 24.3 Å². The van der Waals surface area contributed by atoms with Crippen LogP contribution >= 0.6 is 0 Å².